The molecule has 0 aliphatic carbocycles. The molecule has 1 atom stereocenters. The molecule has 1 aromatic carbocycles. The molecule has 4 aromatic rings. The van der Waals surface area contributed by atoms with Crippen molar-refractivity contribution in [1.29, 1.82) is 0 Å². The molecular formula is C26H27FN6O3. The standard InChI is InChI=1S/C26H27FN6O3/c1-16-13-30-24-23(16)25(32-15-31-24)36-22-5-4-17(11-20(22)27)12-21(28)26(34)33-9-6-18(7-10-33)35-19-3-2-8-29-14-19/h2-5,8,11,13-15,18,21H,6-7,9-10,12,28H2,1H3,(H,30,31,32). The zero-order chi connectivity index (χ0) is 25.1. The number of amides is 1. The van der Waals surface area contributed by atoms with Crippen molar-refractivity contribution >= 4 is 16.9 Å². The maximum atomic E-state index is 14.9. The number of piperidine rings is 1. The van der Waals surface area contributed by atoms with Gasteiger partial charge in [-0.3, -0.25) is 9.78 Å². The number of H-pyrrole nitrogens is 1. The van der Waals surface area contributed by atoms with Gasteiger partial charge < -0.3 is 25.1 Å². The minimum Gasteiger partial charge on any atom is -0.489 e. The van der Waals surface area contributed by atoms with Gasteiger partial charge in [0.25, 0.3) is 0 Å². The second-order valence-corrected chi connectivity index (χ2v) is 8.88. The Balaban J connectivity index is 1.17. The summed E-state index contributed by atoms with van der Waals surface area (Å²) in [6.45, 7) is 3.01. The summed E-state index contributed by atoms with van der Waals surface area (Å²) in [6.07, 6.45) is 8.20. The normalized spacial score (nSPS) is 15.1. The molecule has 1 unspecified atom stereocenters. The zero-order valence-corrected chi connectivity index (χ0v) is 19.9. The molecular weight excluding hydrogens is 463 g/mol. The van der Waals surface area contributed by atoms with Crippen LogP contribution in [0.5, 0.6) is 17.4 Å². The van der Waals surface area contributed by atoms with E-state index in [1.807, 2.05) is 19.1 Å². The van der Waals surface area contributed by atoms with E-state index in [0.29, 0.717) is 42.5 Å². The van der Waals surface area contributed by atoms with Gasteiger partial charge in [-0.05, 0) is 48.7 Å². The van der Waals surface area contributed by atoms with Crippen LogP contribution in [0.3, 0.4) is 0 Å². The number of hydrogen-bond donors (Lipinski definition) is 2. The van der Waals surface area contributed by atoms with E-state index in [1.54, 1.807) is 29.6 Å². The Bertz CT molecular complexity index is 1350. The summed E-state index contributed by atoms with van der Waals surface area (Å²) in [7, 11) is 0. The smallest absolute Gasteiger partial charge is 0.239 e. The highest BCUT2D eigenvalue weighted by atomic mass is 19.1. The van der Waals surface area contributed by atoms with E-state index in [0.717, 1.165) is 11.3 Å². The number of ether oxygens (including phenoxy) is 2. The first-order valence-corrected chi connectivity index (χ1v) is 11.8. The van der Waals surface area contributed by atoms with Gasteiger partial charge in [-0.15, -0.1) is 0 Å². The van der Waals surface area contributed by atoms with E-state index in [4.69, 9.17) is 15.2 Å². The van der Waals surface area contributed by atoms with Crippen LogP contribution in [0.2, 0.25) is 0 Å². The highest BCUT2D eigenvalue weighted by Crippen LogP contribution is 2.30. The minimum absolute atomic E-state index is 0.0299. The molecule has 1 aliphatic heterocycles. The number of hydrogen-bond acceptors (Lipinski definition) is 7. The maximum Gasteiger partial charge on any atom is 0.239 e. The number of carbonyl (C=O) groups excluding carboxylic acids is 1. The average Bonchev–Trinajstić information content (AvgIpc) is 3.28. The Labute approximate surface area is 207 Å². The van der Waals surface area contributed by atoms with Crippen molar-refractivity contribution in [2.75, 3.05) is 13.1 Å². The summed E-state index contributed by atoms with van der Waals surface area (Å²) < 4.78 is 26.5. The van der Waals surface area contributed by atoms with Crippen molar-refractivity contribution in [2.24, 2.45) is 5.73 Å². The summed E-state index contributed by atoms with van der Waals surface area (Å²) >= 11 is 0. The summed E-state index contributed by atoms with van der Waals surface area (Å²) in [5.41, 5.74) is 8.34. The van der Waals surface area contributed by atoms with Crippen LogP contribution in [0.25, 0.3) is 11.0 Å². The predicted octanol–water partition coefficient (Wildman–Crippen LogP) is 3.53. The van der Waals surface area contributed by atoms with Crippen LogP contribution < -0.4 is 15.2 Å². The summed E-state index contributed by atoms with van der Waals surface area (Å²) in [6, 6.07) is 7.51. The van der Waals surface area contributed by atoms with Crippen LogP contribution in [0.15, 0.2) is 55.2 Å². The lowest BCUT2D eigenvalue weighted by Gasteiger charge is -2.33. The first-order valence-electron chi connectivity index (χ1n) is 11.8. The predicted molar refractivity (Wildman–Crippen MR) is 131 cm³/mol. The first kappa shape index (κ1) is 23.7. The van der Waals surface area contributed by atoms with Gasteiger partial charge in [-0.2, -0.15) is 0 Å². The lowest BCUT2D eigenvalue weighted by atomic mass is 10.0. The average molecular weight is 491 g/mol. The molecule has 0 bridgehead atoms. The second kappa shape index (κ2) is 10.3. The third-order valence-electron chi connectivity index (χ3n) is 6.30. The van der Waals surface area contributed by atoms with Crippen LogP contribution in [-0.4, -0.2) is 56.0 Å². The Morgan fingerprint density at radius 2 is 2.11 bits per heavy atom. The topological polar surface area (TPSA) is 119 Å². The van der Waals surface area contributed by atoms with Crippen LogP contribution in [0.4, 0.5) is 4.39 Å². The van der Waals surface area contributed by atoms with E-state index in [1.165, 1.54) is 18.5 Å². The number of aryl methyl sites for hydroxylation is 1. The number of halogens is 1. The van der Waals surface area contributed by atoms with Crippen LogP contribution in [-0.2, 0) is 11.2 Å². The van der Waals surface area contributed by atoms with Gasteiger partial charge in [-0.25, -0.2) is 14.4 Å². The zero-order valence-electron chi connectivity index (χ0n) is 19.9. The quantitative estimate of drug-likeness (QED) is 0.407. The van der Waals surface area contributed by atoms with Crippen molar-refractivity contribution in [1.82, 2.24) is 24.8 Å². The van der Waals surface area contributed by atoms with Crippen molar-refractivity contribution in [3.8, 4) is 17.4 Å². The SMILES string of the molecule is Cc1c[nH]c2ncnc(Oc3ccc(CC(N)C(=O)N4CCC(Oc5cccnc5)CC4)cc3F)c12. The van der Waals surface area contributed by atoms with Gasteiger partial charge in [0.15, 0.2) is 11.6 Å². The molecule has 3 N–H and O–H groups in total. The fourth-order valence-electron chi connectivity index (χ4n) is 4.40. The molecule has 5 rings (SSSR count). The number of aromatic amines is 1. The molecule has 0 radical (unpaired) electrons. The van der Waals surface area contributed by atoms with Gasteiger partial charge in [0.1, 0.15) is 23.8 Å². The van der Waals surface area contributed by atoms with E-state index in [-0.39, 0.29) is 30.1 Å². The summed E-state index contributed by atoms with van der Waals surface area (Å²) in [5, 5.41) is 0.697. The van der Waals surface area contributed by atoms with Crippen molar-refractivity contribution in [2.45, 2.75) is 38.3 Å². The number of rotatable bonds is 7. The van der Waals surface area contributed by atoms with E-state index in [9.17, 15) is 9.18 Å². The number of aromatic nitrogens is 4. The molecule has 1 aliphatic rings. The molecule has 0 spiro atoms. The number of fused-ring (bicyclic) bond motifs is 1. The molecule has 0 saturated carbocycles. The van der Waals surface area contributed by atoms with Crippen molar-refractivity contribution in [3.05, 3.63) is 72.2 Å². The maximum absolute atomic E-state index is 14.9. The van der Waals surface area contributed by atoms with Gasteiger partial charge in [-0.1, -0.05) is 6.07 Å². The minimum atomic E-state index is -0.768. The van der Waals surface area contributed by atoms with Gasteiger partial charge in [0.05, 0.1) is 17.6 Å². The molecule has 36 heavy (non-hydrogen) atoms. The molecule has 1 saturated heterocycles. The van der Waals surface area contributed by atoms with Crippen LogP contribution >= 0.6 is 0 Å². The third kappa shape index (κ3) is 5.13. The summed E-state index contributed by atoms with van der Waals surface area (Å²) in [5.74, 6) is 0.325. The third-order valence-corrected chi connectivity index (χ3v) is 6.30. The number of nitrogens with two attached hydrogens (primary N) is 1. The fraction of sp³-hybridized carbons (Fsp3) is 0.308. The Hall–Kier alpha value is -4.05. The van der Waals surface area contributed by atoms with Gasteiger partial charge in [0.2, 0.25) is 11.8 Å². The number of pyridine rings is 1. The van der Waals surface area contributed by atoms with E-state index in [2.05, 4.69) is 19.9 Å². The molecule has 1 fully saturated rings. The Kier molecular flexibility index (Phi) is 6.77. The second-order valence-electron chi connectivity index (χ2n) is 8.88. The van der Waals surface area contributed by atoms with Crippen LogP contribution in [0, 0.1) is 12.7 Å². The lowest BCUT2D eigenvalue weighted by Crippen LogP contribution is -2.49. The monoisotopic (exact) mass is 490 g/mol. The first-order chi connectivity index (χ1) is 17.5. The molecule has 4 heterocycles. The summed E-state index contributed by atoms with van der Waals surface area (Å²) in [4.78, 5) is 30.0. The van der Waals surface area contributed by atoms with Crippen molar-refractivity contribution < 1.29 is 18.7 Å². The molecule has 1 amide bonds. The molecule has 9 nitrogen and oxygen atoms in total. The van der Waals surface area contributed by atoms with E-state index < -0.39 is 11.9 Å². The largest absolute Gasteiger partial charge is 0.489 e. The molecule has 3 aromatic heterocycles. The highest BCUT2D eigenvalue weighted by Gasteiger charge is 2.27. The Morgan fingerprint density at radius 3 is 2.86 bits per heavy atom. The number of benzene rings is 1. The number of likely N-dealkylation sites (tertiary alicyclic amines) is 1. The number of nitrogens with one attached hydrogen (secondary N) is 1. The van der Waals surface area contributed by atoms with Crippen LogP contribution in [0.1, 0.15) is 24.0 Å². The van der Waals surface area contributed by atoms with Gasteiger partial charge >= 0.3 is 0 Å². The number of nitrogens with zero attached hydrogens (tertiary/aromatic N) is 4. The Morgan fingerprint density at radius 1 is 1.28 bits per heavy atom. The van der Waals surface area contributed by atoms with Gasteiger partial charge in [0, 0.05) is 38.3 Å². The molecule has 186 valence electrons. The number of carbonyl (C=O) groups is 1. The highest BCUT2D eigenvalue weighted by molar-refractivity contribution is 5.84. The lowest BCUT2D eigenvalue weighted by molar-refractivity contribution is -0.134. The molecule has 10 heteroatoms. The fourth-order valence-corrected chi connectivity index (χ4v) is 4.40. The van der Waals surface area contributed by atoms with Crippen molar-refractivity contribution in [3.63, 3.8) is 0 Å². The van der Waals surface area contributed by atoms with E-state index >= 15 is 0 Å².